The number of hydrogen-bond donors (Lipinski definition) is 3. The average molecular weight is 442 g/mol. The number of thiocarbonyl (C=S) groups is 1. The first-order valence-electron chi connectivity index (χ1n) is 9.98. The second-order valence-electron chi connectivity index (χ2n) is 7.23. The molecule has 0 radical (unpaired) electrons. The zero-order valence-electron chi connectivity index (χ0n) is 16.4. The van der Waals surface area contributed by atoms with Crippen molar-refractivity contribution in [3.63, 3.8) is 0 Å². The fourth-order valence-corrected chi connectivity index (χ4v) is 4.92. The zero-order chi connectivity index (χ0) is 20.9. The number of rotatable bonds is 5. The van der Waals surface area contributed by atoms with Crippen molar-refractivity contribution in [1.29, 1.82) is 0 Å². The molecule has 0 unspecified atom stereocenters. The van der Waals surface area contributed by atoms with Crippen LogP contribution < -0.4 is 21.7 Å². The molecule has 1 aromatic carbocycles. The van der Waals surface area contributed by atoms with E-state index in [1.54, 1.807) is 17.7 Å². The van der Waals surface area contributed by atoms with Gasteiger partial charge in [-0.25, -0.2) is 4.98 Å². The van der Waals surface area contributed by atoms with Gasteiger partial charge in [0, 0.05) is 24.4 Å². The molecule has 3 N–H and O–H groups in total. The van der Waals surface area contributed by atoms with E-state index in [9.17, 15) is 9.59 Å². The number of carbonyl (C=O) groups excluding carboxylic acids is 1. The first-order chi connectivity index (χ1) is 14.6. The summed E-state index contributed by atoms with van der Waals surface area (Å²) in [6, 6.07) is 9.83. The highest BCUT2D eigenvalue weighted by atomic mass is 32.1. The minimum atomic E-state index is -0.252. The summed E-state index contributed by atoms with van der Waals surface area (Å²) in [6.45, 7) is 0.832. The Kier molecular flexibility index (Phi) is 6.39. The number of carbonyl (C=O) groups is 1. The Labute approximate surface area is 183 Å². The Hall–Kier alpha value is -2.78. The van der Waals surface area contributed by atoms with E-state index in [1.165, 1.54) is 15.9 Å². The lowest BCUT2D eigenvalue weighted by Crippen LogP contribution is -2.46. The summed E-state index contributed by atoms with van der Waals surface area (Å²) in [6.07, 6.45) is 5.94. The fourth-order valence-electron chi connectivity index (χ4n) is 3.57. The number of nitrogens with zero attached hydrogens (tertiary/aromatic N) is 2. The van der Waals surface area contributed by atoms with Gasteiger partial charge in [0.25, 0.3) is 5.56 Å². The summed E-state index contributed by atoms with van der Waals surface area (Å²) in [5.41, 5.74) is 7.45. The van der Waals surface area contributed by atoms with Crippen molar-refractivity contribution in [2.45, 2.75) is 45.2 Å². The maximum absolute atomic E-state index is 12.9. The number of thiophene rings is 1. The van der Waals surface area contributed by atoms with Gasteiger partial charge in [0.1, 0.15) is 4.83 Å². The van der Waals surface area contributed by atoms with Gasteiger partial charge in [-0.05, 0) is 49.0 Å². The number of hydrogen-bond acceptors (Lipinski definition) is 5. The Bertz CT molecular complexity index is 1120. The molecule has 1 amide bonds. The van der Waals surface area contributed by atoms with Gasteiger partial charge in [-0.2, -0.15) is 0 Å². The third-order valence-corrected chi connectivity index (χ3v) is 6.58. The van der Waals surface area contributed by atoms with Gasteiger partial charge in [-0.3, -0.25) is 25.0 Å². The molecule has 1 aliphatic rings. The minimum absolute atomic E-state index is 0.0554. The van der Waals surface area contributed by atoms with E-state index in [0.29, 0.717) is 11.7 Å². The van der Waals surface area contributed by atoms with Crippen LogP contribution in [0.25, 0.3) is 10.2 Å². The van der Waals surface area contributed by atoms with Crippen LogP contribution >= 0.6 is 23.6 Å². The molecular weight excluding hydrogens is 418 g/mol. The summed E-state index contributed by atoms with van der Waals surface area (Å²) >= 11 is 6.80. The van der Waals surface area contributed by atoms with Crippen LogP contribution in [0.2, 0.25) is 0 Å². The van der Waals surface area contributed by atoms with E-state index in [4.69, 9.17) is 12.2 Å². The van der Waals surface area contributed by atoms with E-state index >= 15 is 0 Å². The van der Waals surface area contributed by atoms with E-state index in [1.807, 2.05) is 30.3 Å². The van der Waals surface area contributed by atoms with Crippen molar-refractivity contribution in [2.75, 3.05) is 0 Å². The third kappa shape index (κ3) is 4.68. The molecule has 0 saturated carbocycles. The second-order valence-corrected chi connectivity index (χ2v) is 8.72. The molecule has 7 nitrogen and oxygen atoms in total. The Morgan fingerprint density at radius 2 is 1.97 bits per heavy atom. The van der Waals surface area contributed by atoms with Crippen molar-refractivity contribution < 1.29 is 4.79 Å². The number of fused-ring (bicyclic) bond motifs is 3. The smallest absolute Gasteiger partial charge is 0.262 e. The molecule has 0 aliphatic heterocycles. The minimum Gasteiger partial charge on any atom is -0.357 e. The van der Waals surface area contributed by atoms with Gasteiger partial charge in [0.15, 0.2) is 5.11 Å². The molecule has 0 saturated heterocycles. The van der Waals surface area contributed by atoms with Crippen LogP contribution in [-0.2, 0) is 30.7 Å². The lowest BCUT2D eigenvalue weighted by atomic mass is 9.97. The van der Waals surface area contributed by atoms with Gasteiger partial charge in [0.05, 0.1) is 11.7 Å². The second kappa shape index (κ2) is 9.36. The first-order valence-corrected chi connectivity index (χ1v) is 11.2. The number of amides is 1. The molecule has 3 aromatic rings. The highest BCUT2D eigenvalue weighted by Gasteiger charge is 2.20. The molecule has 9 heteroatoms. The predicted octanol–water partition coefficient (Wildman–Crippen LogP) is 2.42. The summed E-state index contributed by atoms with van der Waals surface area (Å²) < 4.78 is 1.52. The maximum Gasteiger partial charge on any atom is 0.262 e. The van der Waals surface area contributed by atoms with Gasteiger partial charge in [-0.15, -0.1) is 11.3 Å². The molecule has 4 rings (SSSR count). The predicted molar refractivity (Wildman–Crippen MR) is 122 cm³/mol. The van der Waals surface area contributed by atoms with Gasteiger partial charge in [0.2, 0.25) is 5.91 Å². The van der Waals surface area contributed by atoms with Crippen LogP contribution in [0.5, 0.6) is 0 Å². The molecule has 2 heterocycles. The molecule has 0 bridgehead atoms. The standard InChI is InChI=1S/C21H23N5O2S2/c27-17(24-25-21(29)22-12-14-6-2-1-3-7-14)10-11-26-13-23-19-18(20(26)28)15-8-4-5-9-16(15)30-19/h1-3,6-7,13H,4-5,8-12H2,(H,24,27)(H2,22,25,29). The van der Waals surface area contributed by atoms with Gasteiger partial charge < -0.3 is 5.32 Å². The van der Waals surface area contributed by atoms with Crippen LogP contribution in [0.3, 0.4) is 0 Å². The van der Waals surface area contributed by atoms with Crippen LogP contribution in [0.1, 0.15) is 35.3 Å². The summed E-state index contributed by atoms with van der Waals surface area (Å²) in [4.78, 5) is 31.6. The summed E-state index contributed by atoms with van der Waals surface area (Å²) in [5, 5.41) is 4.09. The van der Waals surface area contributed by atoms with Crippen molar-refractivity contribution in [2.24, 2.45) is 0 Å². The van der Waals surface area contributed by atoms with E-state index in [0.717, 1.165) is 40.6 Å². The Morgan fingerprint density at radius 1 is 1.17 bits per heavy atom. The van der Waals surface area contributed by atoms with E-state index in [-0.39, 0.29) is 24.4 Å². The van der Waals surface area contributed by atoms with Gasteiger partial charge >= 0.3 is 0 Å². The third-order valence-electron chi connectivity index (χ3n) is 5.13. The Morgan fingerprint density at radius 3 is 2.80 bits per heavy atom. The van der Waals surface area contributed by atoms with Crippen LogP contribution in [0, 0.1) is 0 Å². The normalized spacial score (nSPS) is 12.9. The van der Waals surface area contributed by atoms with E-state index < -0.39 is 0 Å². The zero-order valence-corrected chi connectivity index (χ0v) is 18.1. The topological polar surface area (TPSA) is 88.0 Å². The van der Waals surface area contributed by atoms with Crippen LogP contribution in [0.4, 0.5) is 0 Å². The number of nitrogens with one attached hydrogen (secondary N) is 3. The molecule has 156 valence electrons. The van der Waals surface area contributed by atoms with Crippen LogP contribution in [-0.4, -0.2) is 20.6 Å². The van der Waals surface area contributed by atoms with Crippen molar-refractivity contribution in [1.82, 2.24) is 25.7 Å². The number of benzene rings is 1. The van der Waals surface area contributed by atoms with Crippen molar-refractivity contribution >= 4 is 44.8 Å². The molecule has 30 heavy (non-hydrogen) atoms. The fraction of sp³-hybridized carbons (Fsp3) is 0.333. The highest BCUT2D eigenvalue weighted by molar-refractivity contribution is 7.80. The van der Waals surface area contributed by atoms with Gasteiger partial charge in [-0.1, -0.05) is 30.3 Å². The molecular formula is C21H23N5O2S2. The first kappa shape index (κ1) is 20.5. The quantitative estimate of drug-likeness (QED) is 0.416. The number of aryl methyl sites for hydroxylation is 3. The van der Waals surface area contributed by atoms with Crippen LogP contribution in [0.15, 0.2) is 41.5 Å². The molecule has 0 fully saturated rings. The number of hydrazine groups is 1. The molecule has 1 aliphatic carbocycles. The van der Waals surface area contributed by atoms with Crippen molar-refractivity contribution in [3.8, 4) is 0 Å². The Balaban J connectivity index is 1.29. The largest absolute Gasteiger partial charge is 0.357 e. The number of aromatic nitrogens is 2. The summed E-state index contributed by atoms with van der Waals surface area (Å²) in [5.74, 6) is -0.252. The molecule has 2 aromatic heterocycles. The monoisotopic (exact) mass is 441 g/mol. The van der Waals surface area contributed by atoms with E-state index in [2.05, 4.69) is 21.2 Å². The SMILES string of the molecule is O=C(CCn1cnc2sc3c(c2c1=O)CCCC3)NNC(=S)NCc1ccccc1. The maximum atomic E-state index is 12.9. The lowest BCUT2D eigenvalue weighted by molar-refractivity contribution is -0.121. The summed E-state index contributed by atoms with van der Waals surface area (Å²) in [7, 11) is 0. The van der Waals surface area contributed by atoms with Crippen molar-refractivity contribution in [3.05, 3.63) is 63.0 Å². The highest BCUT2D eigenvalue weighted by Crippen LogP contribution is 2.33. The molecule has 0 atom stereocenters. The lowest BCUT2D eigenvalue weighted by Gasteiger charge is -2.12. The molecule has 0 spiro atoms. The average Bonchev–Trinajstić information content (AvgIpc) is 3.16.